The number of carbonyl (C=O) groups is 4. The fourth-order valence-corrected chi connectivity index (χ4v) is 12.8. The van der Waals surface area contributed by atoms with Crippen LogP contribution in [0, 0.1) is 17.0 Å². The Hall–Kier alpha value is -6.14. The SMILES string of the molecule is CNC(=O)c1ccc(OCCOC)c(F)c1-c1c(Cl)c(F)cc2c1C(C)C(CNC1CCC(C)(C(=O)N3CCC(N4CCC(c5ccc6c(N7CCC(=O)NC7=O)nn(C)c6c5)CC4)CC3)CC1)(c1ccccc1)O2. The minimum Gasteiger partial charge on any atom is -0.488 e. The van der Waals surface area contributed by atoms with Crippen LogP contribution in [0.5, 0.6) is 11.5 Å². The van der Waals surface area contributed by atoms with Gasteiger partial charge in [-0.1, -0.05) is 61.8 Å². The zero-order chi connectivity index (χ0) is 52.8. The van der Waals surface area contributed by atoms with Gasteiger partial charge in [-0.2, -0.15) is 5.10 Å². The molecule has 4 fully saturated rings. The maximum Gasteiger partial charge on any atom is 0.329 e. The number of ether oxygens (including phenoxy) is 3. The molecule has 2 atom stereocenters. The van der Waals surface area contributed by atoms with E-state index in [4.69, 9.17) is 25.8 Å². The summed E-state index contributed by atoms with van der Waals surface area (Å²) in [4.78, 5) is 58.4. The van der Waals surface area contributed by atoms with E-state index in [1.54, 1.807) is 4.90 Å². The zero-order valence-electron chi connectivity index (χ0n) is 43.4. The number of carbonyl (C=O) groups excluding carboxylic acids is 4. The highest BCUT2D eigenvalue weighted by atomic mass is 35.5. The molecular formula is C57H67ClF2N8O7. The number of imide groups is 1. The molecule has 1 aliphatic carbocycles. The number of fused-ring (bicyclic) bond motifs is 2. The molecule has 5 aliphatic rings. The molecule has 0 spiro atoms. The van der Waals surface area contributed by atoms with E-state index in [0.29, 0.717) is 36.4 Å². The standard InChI is InChI=1S/C57H67ClF2N8O7/c1-34-47-45(32-42(59)50(58)49(47)48-41(53(70)61-3)13-14-44(51(48)60)74-30-29-73-5)75-57(34,37-9-7-6-8-10-37)33-62-38-15-22-56(2,23-16-38)54(71)67-26-19-39(20-27-67)66-24-17-35(18-25-66)36-11-12-40-43(31-36)65(4)64-52(40)68-28-21-46(69)63-55(68)72/h6-14,31-32,34-35,38-39,62H,15-30,33H2,1-5H3,(H,61,70)(H,63,69,72). The first-order valence-electron chi connectivity index (χ1n) is 26.4. The molecule has 398 valence electrons. The van der Waals surface area contributed by atoms with Crippen LogP contribution in [-0.2, 0) is 27.0 Å². The number of benzene rings is 4. The van der Waals surface area contributed by atoms with Crippen LogP contribution in [-0.4, -0.2) is 122 Å². The number of halogens is 3. The van der Waals surface area contributed by atoms with Gasteiger partial charge >= 0.3 is 6.03 Å². The largest absolute Gasteiger partial charge is 0.488 e. The monoisotopic (exact) mass is 1050 g/mol. The van der Waals surface area contributed by atoms with E-state index in [2.05, 4.69) is 56.0 Å². The molecule has 18 heteroatoms. The van der Waals surface area contributed by atoms with Crippen molar-refractivity contribution in [3.05, 3.63) is 106 Å². The van der Waals surface area contributed by atoms with Crippen LogP contribution in [0.25, 0.3) is 22.0 Å². The summed E-state index contributed by atoms with van der Waals surface area (Å²) in [6.45, 7) is 8.43. The minimum absolute atomic E-state index is 0.0328. The maximum atomic E-state index is 16.8. The van der Waals surface area contributed by atoms with Crippen LogP contribution >= 0.6 is 11.6 Å². The lowest BCUT2D eigenvalue weighted by molar-refractivity contribution is -0.145. The highest BCUT2D eigenvalue weighted by Gasteiger charge is 2.51. The van der Waals surface area contributed by atoms with Gasteiger partial charge in [-0.25, -0.2) is 13.6 Å². The number of likely N-dealkylation sites (tertiary alicyclic amines) is 2. The zero-order valence-corrected chi connectivity index (χ0v) is 44.2. The molecule has 15 nitrogen and oxygen atoms in total. The number of anilines is 1. The molecule has 5 aromatic rings. The summed E-state index contributed by atoms with van der Waals surface area (Å²) in [7, 11) is 4.84. The molecule has 75 heavy (non-hydrogen) atoms. The fourth-order valence-electron chi connectivity index (χ4n) is 12.5. The van der Waals surface area contributed by atoms with Crippen LogP contribution in [0.1, 0.15) is 111 Å². The Labute approximate surface area is 441 Å². The summed E-state index contributed by atoms with van der Waals surface area (Å²) in [5, 5.41) is 14.0. The Morgan fingerprint density at radius 2 is 1.65 bits per heavy atom. The van der Waals surface area contributed by atoms with Crippen LogP contribution < -0.4 is 30.3 Å². The lowest BCUT2D eigenvalue weighted by Gasteiger charge is -2.45. The molecule has 4 aliphatic heterocycles. The van der Waals surface area contributed by atoms with Gasteiger partial charge in [-0.15, -0.1) is 0 Å². The van der Waals surface area contributed by atoms with Crippen LogP contribution in [0.4, 0.5) is 19.4 Å². The topological polar surface area (TPSA) is 160 Å². The van der Waals surface area contributed by atoms with E-state index >= 15 is 8.78 Å². The number of piperidine rings is 2. The normalized spacial score (nSPS) is 23.8. The smallest absolute Gasteiger partial charge is 0.329 e. The van der Waals surface area contributed by atoms with Crippen molar-refractivity contribution in [1.82, 2.24) is 35.5 Å². The third kappa shape index (κ3) is 9.85. The summed E-state index contributed by atoms with van der Waals surface area (Å²) in [5.74, 6) is -1.75. The summed E-state index contributed by atoms with van der Waals surface area (Å²) in [6, 6.07) is 20.3. The van der Waals surface area contributed by atoms with Crippen LogP contribution in [0.3, 0.4) is 0 Å². The molecule has 2 unspecified atom stereocenters. The maximum absolute atomic E-state index is 16.8. The van der Waals surface area contributed by atoms with E-state index in [-0.39, 0.29) is 70.7 Å². The van der Waals surface area contributed by atoms with Gasteiger partial charge in [0.25, 0.3) is 5.91 Å². The van der Waals surface area contributed by atoms with E-state index in [0.717, 1.165) is 94.0 Å². The van der Waals surface area contributed by atoms with Crippen molar-refractivity contribution in [2.24, 2.45) is 12.5 Å². The number of hydrogen-bond donors (Lipinski definition) is 3. The summed E-state index contributed by atoms with van der Waals surface area (Å²) >= 11 is 6.85. The van der Waals surface area contributed by atoms with Gasteiger partial charge in [0.1, 0.15) is 18.2 Å². The van der Waals surface area contributed by atoms with E-state index in [9.17, 15) is 19.2 Å². The number of hydrogen-bond acceptors (Lipinski definition) is 10. The number of aryl methyl sites for hydroxylation is 1. The van der Waals surface area contributed by atoms with Gasteiger partial charge in [0.15, 0.2) is 23.0 Å². The highest BCUT2D eigenvalue weighted by Crippen LogP contribution is 2.57. The summed E-state index contributed by atoms with van der Waals surface area (Å²) in [5.41, 5.74) is 1.79. The van der Waals surface area contributed by atoms with Crippen molar-refractivity contribution < 1.29 is 42.2 Å². The number of rotatable bonds is 14. The number of amides is 5. The van der Waals surface area contributed by atoms with Crippen molar-refractivity contribution in [2.75, 3.05) is 71.5 Å². The van der Waals surface area contributed by atoms with Crippen molar-refractivity contribution in [1.29, 1.82) is 0 Å². The quantitative estimate of drug-likeness (QED) is 0.0918. The Balaban J connectivity index is 0.767. The second kappa shape index (κ2) is 21.5. The van der Waals surface area contributed by atoms with Crippen LogP contribution in [0.15, 0.2) is 66.7 Å². The summed E-state index contributed by atoms with van der Waals surface area (Å²) in [6.07, 6.45) is 7.21. The molecule has 0 bridgehead atoms. The van der Waals surface area contributed by atoms with Crippen molar-refractivity contribution in [2.45, 2.75) is 101 Å². The second-order valence-corrected chi connectivity index (χ2v) is 21.7. The van der Waals surface area contributed by atoms with Crippen molar-refractivity contribution >= 4 is 52.1 Å². The van der Waals surface area contributed by atoms with Gasteiger partial charge in [0.05, 0.1) is 22.7 Å². The Morgan fingerprint density at radius 3 is 2.35 bits per heavy atom. The molecule has 5 heterocycles. The molecule has 1 saturated carbocycles. The lowest BCUT2D eigenvalue weighted by Crippen LogP contribution is -2.53. The van der Waals surface area contributed by atoms with E-state index < -0.39 is 40.5 Å². The van der Waals surface area contributed by atoms with Crippen LogP contribution in [0.2, 0.25) is 5.02 Å². The first-order chi connectivity index (χ1) is 36.1. The molecule has 10 rings (SSSR count). The van der Waals surface area contributed by atoms with Gasteiger partial charge < -0.3 is 34.6 Å². The molecule has 4 aromatic carbocycles. The van der Waals surface area contributed by atoms with Crippen molar-refractivity contribution in [3.8, 4) is 22.6 Å². The first kappa shape index (κ1) is 52.3. The molecule has 5 amide bonds. The molecule has 0 radical (unpaired) electrons. The molecular weight excluding hydrogens is 982 g/mol. The van der Waals surface area contributed by atoms with Crippen molar-refractivity contribution in [3.63, 3.8) is 0 Å². The predicted molar refractivity (Wildman–Crippen MR) is 282 cm³/mol. The lowest BCUT2D eigenvalue weighted by atomic mass is 9.72. The number of aromatic nitrogens is 2. The number of methoxy groups -OCH3 is 1. The Bertz CT molecular complexity index is 2990. The summed E-state index contributed by atoms with van der Waals surface area (Å²) < 4.78 is 52.5. The molecule has 3 N–H and O–H groups in total. The minimum atomic E-state index is -1.08. The first-order valence-corrected chi connectivity index (χ1v) is 26.8. The number of urea groups is 1. The average molecular weight is 1050 g/mol. The second-order valence-electron chi connectivity index (χ2n) is 21.3. The number of nitrogens with one attached hydrogen (secondary N) is 3. The fraction of sp³-hybridized carbons (Fsp3) is 0.491. The predicted octanol–water partition coefficient (Wildman–Crippen LogP) is 8.80. The van der Waals surface area contributed by atoms with Gasteiger partial charge in [0.2, 0.25) is 11.8 Å². The Kier molecular flexibility index (Phi) is 15.0. The van der Waals surface area contributed by atoms with E-state index in [1.807, 2.05) is 49.0 Å². The van der Waals surface area contributed by atoms with E-state index in [1.165, 1.54) is 37.9 Å². The average Bonchev–Trinajstić information content (AvgIpc) is 3.91. The third-order valence-electron chi connectivity index (χ3n) is 17.0. The van der Waals surface area contributed by atoms with Gasteiger partial charge in [-0.3, -0.25) is 29.3 Å². The highest BCUT2D eigenvalue weighted by molar-refractivity contribution is 6.34. The Morgan fingerprint density at radius 1 is 0.920 bits per heavy atom. The molecule has 3 saturated heterocycles. The van der Waals surface area contributed by atoms with Gasteiger partial charge in [-0.05, 0) is 106 Å². The number of nitrogens with zero attached hydrogens (tertiary/aromatic N) is 5. The third-order valence-corrected chi connectivity index (χ3v) is 17.3. The molecule has 1 aromatic heterocycles. The van der Waals surface area contributed by atoms with Gasteiger partial charge in [0, 0.05) is 105 Å².